The zero-order valence-electron chi connectivity index (χ0n) is 12.8. The molecule has 0 bridgehead atoms. The summed E-state index contributed by atoms with van der Waals surface area (Å²) in [6, 6.07) is 1.34. The van der Waals surface area contributed by atoms with Gasteiger partial charge in [-0.3, -0.25) is 4.99 Å². The molecule has 18 heavy (non-hydrogen) atoms. The summed E-state index contributed by atoms with van der Waals surface area (Å²) in [6.45, 7) is 10.5. The molecule has 1 nitrogen and oxygen atoms in total. The van der Waals surface area contributed by atoms with Crippen molar-refractivity contribution >= 4 is 13.4 Å². The van der Waals surface area contributed by atoms with Crippen LogP contribution in [0.25, 0.3) is 0 Å². The predicted octanol–water partition coefficient (Wildman–Crippen LogP) is 5.39. The molecule has 0 spiro atoms. The van der Waals surface area contributed by atoms with E-state index in [2.05, 4.69) is 39.5 Å². The Kier molecular flexibility index (Phi) is 6.91. The van der Waals surface area contributed by atoms with E-state index in [1.807, 2.05) is 0 Å². The van der Waals surface area contributed by atoms with Crippen molar-refractivity contribution in [3.8, 4) is 0 Å². The van der Waals surface area contributed by atoms with Gasteiger partial charge in [0.05, 0.1) is 0 Å². The molecule has 0 fully saturated rings. The van der Waals surface area contributed by atoms with Gasteiger partial charge in [-0.15, -0.1) is 0 Å². The monoisotopic (exact) mass is 265 g/mol. The van der Waals surface area contributed by atoms with Crippen LogP contribution in [-0.2, 0) is 0 Å². The Labute approximate surface area is 115 Å². The zero-order valence-corrected chi connectivity index (χ0v) is 13.8. The minimum atomic E-state index is -1.36. The lowest BCUT2D eigenvalue weighted by Gasteiger charge is -2.35. The highest BCUT2D eigenvalue weighted by molar-refractivity contribution is 7.07. The molecule has 2 heteroatoms. The maximum atomic E-state index is 5.02. The van der Waals surface area contributed by atoms with Crippen molar-refractivity contribution in [1.29, 1.82) is 0 Å². The maximum absolute atomic E-state index is 5.02. The Morgan fingerprint density at radius 1 is 1.22 bits per heavy atom. The molecule has 0 radical (unpaired) electrons. The molecule has 1 heterocycles. The molecule has 1 rings (SSSR count). The summed E-state index contributed by atoms with van der Waals surface area (Å²) in [5, 5.41) is 1.63. The number of allylic oxidation sites excluding steroid dienone is 2. The van der Waals surface area contributed by atoms with Gasteiger partial charge in [0.15, 0.2) is 0 Å². The summed E-state index contributed by atoms with van der Waals surface area (Å²) in [4.78, 5) is 5.02. The highest BCUT2D eigenvalue weighted by Gasteiger charge is 2.37. The van der Waals surface area contributed by atoms with Crippen LogP contribution < -0.4 is 0 Å². The minimum absolute atomic E-state index is 0.783. The highest BCUT2D eigenvalue weighted by Crippen LogP contribution is 2.33. The Balaban J connectivity index is 2.95. The van der Waals surface area contributed by atoms with Crippen LogP contribution in [-0.4, -0.2) is 20.0 Å². The summed E-state index contributed by atoms with van der Waals surface area (Å²) in [5.74, 6) is 0. The molecule has 0 saturated carbocycles. The molecule has 0 aliphatic carbocycles. The molecule has 0 saturated heterocycles. The Morgan fingerprint density at radius 2 is 1.94 bits per heavy atom. The normalized spacial score (nSPS) is 23.0. The predicted molar refractivity (Wildman–Crippen MR) is 86.3 cm³/mol. The standard InChI is InChI=1S/C16H31NSi/c1-5-12-15(6-2)18(4,7-3)16-13-10-8-9-11-14-17-16/h5,12,15H,6-11,13-14H2,1-4H3/b12-5+,17-16?. The van der Waals surface area contributed by atoms with Gasteiger partial charge in [0.1, 0.15) is 8.07 Å². The van der Waals surface area contributed by atoms with Crippen molar-refractivity contribution in [2.24, 2.45) is 4.99 Å². The number of hydrogen-bond acceptors (Lipinski definition) is 1. The SMILES string of the molecule is C/C=C/C(CC)[Si](C)(CC)C1=NCCCCCC1. The largest absolute Gasteiger partial charge is 0.299 e. The van der Waals surface area contributed by atoms with Crippen LogP contribution in [0.1, 0.15) is 59.3 Å². The van der Waals surface area contributed by atoms with Gasteiger partial charge in [0.2, 0.25) is 0 Å². The van der Waals surface area contributed by atoms with Crippen molar-refractivity contribution < 1.29 is 0 Å². The summed E-state index contributed by atoms with van der Waals surface area (Å²) >= 11 is 0. The Hall–Kier alpha value is -0.373. The second-order valence-corrected chi connectivity index (χ2v) is 10.7. The maximum Gasteiger partial charge on any atom is 0.108 e. The van der Waals surface area contributed by atoms with Crippen LogP contribution in [0.2, 0.25) is 18.1 Å². The molecule has 0 N–H and O–H groups in total. The number of nitrogens with zero attached hydrogens (tertiary/aromatic N) is 1. The second kappa shape index (κ2) is 7.93. The van der Waals surface area contributed by atoms with Crippen molar-refractivity contribution in [2.45, 2.75) is 77.4 Å². The minimum Gasteiger partial charge on any atom is -0.299 e. The van der Waals surface area contributed by atoms with Gasteiger partial charge in [-0.1, -0.05) is 57.9 Å². The van der Waals surface area contributed by atoms with Crippen LogP contribution in [0.4, 0.5) is 0 Å². The third kappa shape index (κ3) is 3.81. The fourth-order valence-electron chi connectivity index (χ4n) is 3.23. The van der Waals surface area contributed by atoms with Crippen molar-refractivity contribution in [3.05, 3.63) is 12.2 Å². The van der Waals surface area contributed by atoms with Crippen LogP contribution >= 0.6 is 0 Å². The molecule has 0 amide bonds. The quantitative estimate of drug-likeness (QED) is 0.467. The van der Waals surface area contributed by atoms with Gasteiger partial charge in [-0.25, -0.2) is 0 Å². The van der Waals surface area contributed by atoms with Crippen LogP contribution in [0.3, 0.4) is 0 Å². The van der Waals surface area contributed by atoms with Crippen LogP contribution in [0.15, 0.2) is 17.1 Å². The molecular weight excluding hydrogens is 234 g/mol. The first-order valence-corrected chi connectivity index (χ1v) is 10.6. The molecule has 0 aromatic rings. The topological polar surface area (TPSA) is 12.4 Å². The van der Waals surface area contributed by atoms with Crippen LogP contribution in [0.5, 0.6) is 0 Å². The fraction of sp³-hybridized carbons (Fsp3) is 0.812. The molecule has 1 aliphatic heterocycles. The van der Waals surface area contributed by atoms with Crippen LogP contribution in [0, 0.1) is 0 Å². The van der Waals surface area contributed by atoms with E-state index in [4.69, 9.17) is 4.99 Å². The van der Waals surface area contributed by atoms with E-state index in [-0.39, 0.29) is 0 Å². The van der Waals surface area contributed by atoms with E-state index in [9.17, 15) is 0 Å². The van der Waals surface area contributed by atoms with E-state index in [1.54, 1.807) is 5.33 Å². The van der Waals surface area contributed by atoms with E-state index >= 15 is 0 Å². The summed E-state index contributed by atoms with van der Waals surface area (Å²) in [6.07, 6.45) is 12.7. The van der Waals surface area contributed by atoms with Gasteiger partial charge >= 0.3 is 0 Å². The fourth-order valence-corrected chi connectivity index (χ4v) is 7.33. The lowest BCUT2D eigenvalue weighted by molar-refractivity contribution is 0.645. The average Bonchev–Trinajstić information content (AvgIpc) is 2.34. The first-order valence-electron chi connectivity index (χ1n) is 7.85. The first kappa shape index (κ1) is 15.7. The van der Waals surface area contributed by atoms with Gasteiger partial charge in [-0.2, -0.15) is 0 Å². The number of rotatable bonds is 5. The third-order valence-corrected chi connectivity index (χ3v) is 10.1. The lowest BCUT2D eigenvalue weighted by atomic mass is 10.1. The first-order chi connectivity index (χ1) is 8.69. The molecular formula is C16H31NSi. The smallest absolute Gasteiger partial charge is 0.108 e. The van der Waals surface area contributed by atoms with E-state index < -0.39 is 8.07 Å². The highest BCUT2D eigenvalue weighted by atomic mass is 28.3. The Morgan fingerprint density at radius 3 is 2.56 bits per heavy atom. The van der Waals surface area contributed by atoms with Gasteiger partial charge in [0, 0.05) is 6.54 Å². The zero-order chi connectivity index (χ0) is 13.4. The van der Waals surface area contributed by atoms with E-state index in [0.717, 1.165) is 12.1 Å². The van der Waals surface area contributed by atoms with Crippen molar-refractivity contribution in [3.63, 3.8) is 0 Å². The van der Waals surface area contributed by atoms with Gasteiger partial charge in [-0.05, 0) is 37.1 Å². The van der Waals surface area contributed by atoms with E-state index in [1.165, 1.54) is 44.6 Å². The van der Waals surface area contributed by atoms with Gasteiger partial charge in [0.25, 0.3) is 0 Å². The molecule has 2 unspecified atom stereocenters. The van der Waals surface area contributed by atoms with Crippen molar-refractivity contribution in [1.82, 2.24) is 0 Å². The lowest BCUT2D eigenvalue weighted by Crippen LogP contribution is -2.45. The molecule has 2 atom stereocenters. The van der Waals surface area contributed by atoms with Gasteiger partial charge < -0.3 is 0 Å². The second-order valence-electron chi connectivity index (χ2n) is 5.80. The summed E-state index contributed by atoms with van der Waals surface area (Å²) in [7, 11) is -1.36. The average molecular weight is 266 g/mol. The van der Waals surface area contributed by atoms with Crippen molar-refractivity contribution in [2.75, 3.05) is 6.54 Å². The summed E-state index contributed by atoms with van der Waals surface area (Å²) < 4.78 is 0. The number of aliphatic imine (C=N–C) groups is 1. The third-order valence-electron chi connectivity index (χ3n) is 4.70. The molecule has 0 aromatic heterocycles. The Bertz CT molecular complexity index is 295. The molecule has 0 aromatic carbocycles. The molecule has 104 valence electrons. The van der Waals surface area contributed by atoms with E-state index in [0.29, 0.717) is 0 Å². The number of hydrogen-bond donors (Lipinski definition) is 0. The summed E-state index contributed by atoms with van der Waals surface area (Å²) in [5.41, 5.74) is 0.783. The molecule has 1 aliphatic rings.